The average molecular weight is 451 g/mol. The first-order valence-electron chi connectivity index (χ1n) is 11.3. The molecule has 0 aliphatic rings. The van der Waals surface area contributed by atoms with Crippen LogP contribution < -0.4 is 16.8 Å². The van der Waals surface area contributed by atoms with Gasteiger partial charge in [-0.2, -0.15) is 0 Å². The number of benzene rings is 1. The molecule has 1 aromatic heterocycles. The second kappa shape index (κ2) is 13.8. The van der Waals surface area contributed by atoms with Gasteiger partial charge < -0.3 is 16.8 Å². The molecule has 0 saturated heterocycles. The van der Waals surface area contributed by atoms with Crippen molar-refractivity contribution in [1.82, 2.24) is 5.32 Å². The number of hydrogen-bond acceptors (Lipinski definition) is 5. The van der Waals surface area contributed by atoms with E-state index < -0.39 is 0 Å². The van der Waals surface area contributed by atoms with Gasteiger partial charge in [-0.05, 0) is 72.5 Å². The Kier molecular flexibility index (Phi) is 11.2. The SMILES string of the molecule is CC/C(=C\C(=C/Cc1cccs1)C(C)NCCc1cc(CN)ccc1C)C(C=NC)=CN. The molecule has 0 aliphatic heterocycles. The highest BCUT2D eigenvalue weighted by atomic mass is 32.1. The molecule has 172 valence electrons. The van der Waals surface area contributed by atoms with Crippen LogP contribution in [0, 0.1) is 6.92 Å². The zero-order chi connectivity index (χ0) is 23.3. The summed E-state index contributed by atoms with van der Waals surface area (Å²) in [6.45, 7) is 8.03. The number of rotatable bonds is 12. The van der Waals surface area contributed by atoms with Gasteiger partial charge in [0.05, 0.1) is 0 Å². The van der Waals surface area contributed by atoms with Crippen molar-refractivity contribution in [1.29, 1.82) is 0 Å². The van der Waals surface area contributed by atoms with E-state index in [9.17, 15) is 0 Å². The van der Waals surface area contributed by atoms with Crippen molar-refractivity contribution < 1.29 is 0 Å². The molecule has 0 aliphatic carbocycles. The van der Waals surface area contributed by atoms with Gasteiger partial charge in [-0.25, -0.2) is 0 Å². The molecule has 2 rings (SSSR count). The minimum Gasteiger partial charge on any atom is -0.404 e. The molecule has 32 heavy (non-hydrogen) atoms. The Bertz CT molecular complexity index is 952. The highest BCUT2D eigenvalue weighted by Crippen LogP contribution is 2.19. The Morgan fingerprint density at radius 2 is 2.09 bits per heavy atom. The molecule has 0 bridgehead atoms. The number of thiophene rings is 1. The highest BCUT2D eigenvalue weighted by molar-refractivity contribution is 7.09. The van der Waals surface area contributed by atoms with Crippen LogP contribution in [0.25, 0.3) is 0 Å². The largest absolute Gasteiger partial charge is 0.404 e. The second-order valence-electron chi connectivity index (χ2n) is 7.91. The first kappa shape index (κ1) is 25.8. The fourth-order valence-electron chi connectivity index (χ4n) is 3.63. The van der Waals surface area contributed by atoms with Crippen LogP contribution in [0.2, 0.25) is 0 Å². The van der Waals surface area contributed by atoms with Crippen molar-refractivity contribution in [3.05, 3.63) is 92.4 Å². The van der Waals surface area contributed by atoms with E-state index in [0.29, 0.717) is 6.54 Å². The van der Waals surface area contributed by atoms with Crippen LogP contribution in [0.3, 0.4) is 0 Å². The zero-order valence-corrected chi connectivity index (χ0v) is 20.7. The van der Waals surface area contributed by atoms with E-state index in [0.717, 1.165) is 31.4 Å². The average Bonchev–Trinajstić information content (AvgIpc) is 3.33. The molecule has 1 aromatic carbocycles. The van der Waals surface area contributed by atoms with Crippen LogP contribution in [0.1, 0.15) is 41.8 Å². The van der Waals surface area contributed by atoms with Crippen molar-refractivity contribution in [2.45, 2.75) is 52.6 Å². The van der Waals surface area contributed by atoms with Crippen molar-refractivity contribution in [3.8, 4) is 0 Å². The molecule has 5 heteroatoms. The summed E-state index contributed by atoms with van der Waals surface area (Å²) < 4.78 is 0. The van der Waals surface area contributed by atoms with E-state index in [1.807, 2.05) is 6.21 Å². The Labute approximate surface area is 197 Å². The monoisotopic (exact) mass is 450 g/mol. The quantitative estimate of drug-likeness (QED) is 0.312. The topological polar surface area (TPSA) is 76.4 Å². The number of aliphatic imine (C=N–C) groups is 1. The predicted octanol–water partition coefficient (Wildman–Crippen LogP) is 5.08. The predicted molar refractivity (Wildman–Crippen MR) is 141 cm³/mol. The van der Waals surface area contributed by atoms with E-state index in [1.165, 1.54) is 32.7 Å². The lowest BCUT2D eigenvalue weighted by atomic mass is 9.97. The molecule has 0 fully saturated rings. The summed E-state index contributed by atoms with van der Waals surface area (Å²) in [5.41, 5.74) is 19.0. The van der Waals surface area contributed by atoms with Gasteiger partial charge in [0, 0.05) is 48.9 Å². The first-order valence-corrected chi connectivity index (χ1v) is 12.2. The summed E-state index contributed by atoms with van der Waals surface area (Å²) >= 11 is 1.79. The third-order valence-corrected chi connectivity index (χ3v) is 6.55. The van der Waals surface area contributed by atoms with E-state index in [-0.39, 0.29) is 6.04 Å². The molecule has 0 radical (unpaired) electrons. The van der Waals surface area contributed by atoms with Gasteiger partial charge in [-0.3, -0.25) is 4.99 Å². The minimum absolute atomic E-state index is 0.215. The smallest absolute Gasteiger partial charge is 0.0298 e. The van der Waals surface area contributed by atoms with Crippen molar-refractivity contribution >= 4 is 17.6 Å². The molecular formula is C27H38N4S. The Morgan fingerprint density at radius 1 is 1.28 bits per heavy atom. The standard InChI is InChI=1S/C27H38N4S/c1-5-23(26(18-29)19-30-4)16-25(10-11-27-7-6-14-32-27)21(3)31-13-12-24-15-22(17-28)9-8-20(24)2/h6-10,14-16,18-19,21,31H,5,11-13,17,28-29H2,1-4H3/b23-16+,25-10+,26-18?,30-19?. The van der Waals surface area contributed by atoms with E-state index in [2.05, 4.69) is 78.9 Å². The lowest BCUT2D eigenvalue weighted by Gasteiger charge is -2.18. The van der Waals surface area contributed by atoms with Gasteiger partial charge in [-0.1, -0.05) is 43.3 Å². The third kappa shape index (κ3) is 7.90. The summed E-state index contributed by atoms with van der Waals surface area (Å²) in [4.78, 5) is 5.52. The molecular weight excluding hydrogens is 412 g/mol. The lowest BCUT2D eigenvalue weighted by molar-refractivity contribution is 0.614. The fourth-order valence-corrected chi connectivity index (χ4v) is 4.30. The normalized spacial score (nSPS) is 14.3. The van der Waals surface area contributed by atoms with Crippen LogP contribution >= 0.6 is 11.3 Å². The Hall–Kier alpha value is -2.47. The molecule has 1 atom stereocenters. The number of nitrogens with one attached hydrogen (secondary N) is 1. The number of hydrogen-bond donors (Lipinski definition) is 3. The molecule has 1 unspecified atom stereocenters. The van der Waals surface area contributed by atoms with Gasteiger partial charge in [0.25, 0.3) is 0 Å². The van der Waals surface area contributed by atoms with Crippen LogP contribution in [0.5, 0.6) is 0 Å². The van der Waals surface area contributed by atoms with Crippen LogP contribution in [0.4, 0.5) is 0 Å². The number of allylic oxidation sites excluding steroid dienone is 3. The van der Waals surface area contributed by atoms with Crippen LogP contribution in [-0.2, 0) is 19.4 Å². The summed E-state index contributed by atoms with van der Waals surface area (Å²) in [7, 11) is 1.77. The van der Waals surface area contributed by atoms with E-state index >= 15 is 0 Å². The number of nitrogens with two attached hydrogens (primary N) is 2. The molecule has 0 saturated carbocycles. The molecule has 2 aromatic rings. The van der Waals surface area contributed by atoms with Crippen LogP contribution in [0.15, 0.2) is 75.8 Å². The maximum Gasteiger partial charge on any atom is 0.0298 e. The van der Waals surface area contributed by atoms with Crippen molar-refractivity contribution in [3.63, 3.8) is 0 Å². The molecule has 0 amide bonds. The summed E-state index contributed by atoms with van der Waals surface area (Å²) in [6, 6.07) is 11.0. The van der Waals surface area contributed by atoms with Gasteiger partial charge >= 0.3 is 0 Å². The Balaban J connectivity index is 2.19. The molecule has 0 spiro atoms. The van der Waals surface area contributed by atoms with Gasteiger partial charge in [0.15, 0.2) is 0 Å². The summed E-state index contributed by atoms with van der Waals surface area (Å²) in [6.07, 6.45) is 10.9. The van der Waals surface area contributed by atoms with E-state index in [4.69, 9.17) is 11.5 Å². The second-order valence-corrected chi connectivity index (χ2v) is 8.94. The van der Waals surface area contributed by atoms with Crippen LogP contribution in [-0.4, -0.2) is 25.8 Å². The van der Waals surface area contributed by atoms with Gasteiger partial charge in [-0.15, -0.1) is 11.3 Å². The summed E-state index contributed by atoms with van der Waals surface area (Å²) in [5.74, 6) is 0. The Morgan fingerprint density at radius 3 is 2.72 bits per heavy atom. The maximum absolute atomic E-state index is 5.88. The van der Waals surface area contributed by atoms with Crippen molar-refractivity contribution in [2.24, 2.45) is 16.5 Å². The third-order valence-electron chi connectivity index (χ3n) is 5.65. The maximum atomic E-state index is 5.88. The molecule has 1 heterocycles. The van der Waals surface area contributed by atoms with Gasteiger partial charge in [0.1, 0.15) is 0 Å². The first-order chi connectivity index (χ1) is 15.5. The van der Waals surface area contributed by atoms with Gasteiger partial charge in [0.2, 0.25) is 0 Å². The number of aryl methyl sites for hydroxylation is 1. The zero-order valence-electron chi connectivity index (χ0n) is 19.9. The number of nitrogens with zero attached hydrogens (tertiary/aromatic N) is 1. The fraction of sp³-hybridized carbons (Fsp3) is 0.370. The molecule has 5 N–H and O–H groups in total. The lowest BCUT2D eigenvalue weighted by Crippen LogP contribution is -2.30. The van der Waals surface area contributed by atoms with E-state index in [1.54, 1.807) is 24.6 Å². The molecule has 4 nitrogen and oxygen atoms in total. The van der Waals surface area contributed by atoms with Crippen molar-refractivity contribution in [2.75, 3.05) is 13.6 Å². The minimum atomic E-state index is 0.215. The highest BCUT2D eigenvalue weighted by Gasteiger charge is 2.10. The summed E-state index contributed by atoms with van der Waals surface area (Å²) in [5, 5.41) is 5.85.